The fourth-order valence-corrected chi connectivity index (χ4v) is 2.78. The maximum absolute atomic E-state index is 5.57. The van der Waals surface area contributed by atoms with Gasteiger partial charge in [-0.05, 0) is 32.2 Å². The molecule has 0 spiro atoms. The van der Waals surface area contributed by atoms with E-state index in [2.05, 4.69) is 28.9 Å². The van der Waals surface area contributed by atoms with E-state index in [1.165, 1.54) is 30.7 Å². The van der Waals surface area contributed by atoms with E-state index in [4.69, 9.17) is 5.73 Å². The van der Waals surface area contributed by atoms with E-state index in [9.17, 15) is 0 Å². The van der Waals surface area contributed by atoms with Gasteiger partial charge in [0, 0.05) is 6.04 Å². The van der Waals surface area contributed by atoms with Gasteiger partial charge in [0.1, 0.15) is 5.01 Å². The zero-order chi connectivity index (χ0) is 10.8. The lowest BCUT2D eigenvalue weighted by Gasteiger charge is -2.37. The minimum absolute atomic E-state index is 0.572. The summed E-state index contributed by atoms with van der Waals surface area (Å²) < 4.78 is 0. The lowest BCUT2D eigenvalue weighted by molar-refractivity contribution is 0.106. The van der Waals surface area contributed by atoms with Crippen LogP contribution in [0.3, 0.4) is 0 Å². The van der Waals surface area contributed by atoms with Gasteiger partial charge in [-0.3, -0.25) is 4.90 Å². The van der Waals surface area contributed by atoms with E-state index < -0.39 is 0 Å². The Morgan fingerprint density at radius 1 is 1.47 bits per heavy atom. The van der Waals surface area contributed by atoms with Crippen molar-refractivity contribution in [3.63, 3.8) is 0 Å². The SMILES string of the molecule is CC1CCCN(Cc2nnc(N)s2)C1C. The molecule has 4 nitrogen and oxygen atoms in total. The summed E-state index contributed by atoms with van der Waals surface area (Å²) in [4.78, 5) is 2.48. The van der Waals surface area contributed by atoms with Crippen LogP contribution in [0.15, 0.2) is 0 Å². The van der Waals surface area contributed by atoms with Gasteiger partial charge < -0.3 is 5.73 Å². The standard InChI is InChI=1S/C10H18N4S/c1-7-4-3-5-14(8(7)2)6-9-12-13-10(11)15-9/h7-8H,3-6H2,1-2H3,(H2,11,13). The highest BCUT2D eigenvalue weighted by atomic mass is 32.1. The molecule has 1 saturated heterocycles. The molecule has 1 fully saturated rings. The number of aromatic nitrogens is 2. The number of rotatable bonds is 2. The maximum atomic E-state index is 5.57. The number of anilines is 1. The van der Waals surface area contributed by atoms with Crippen molar-refractivity contribution in [1.82, 2.24) is 15.1 Å². The molecule has 0 aromatic carbocycles. The Bertz CT molecular complexity index is 325. The number of hydrogen-bond acceptors (Lipinski definition) is 5. The van der Waals surface area contributed by atoms with Crippen molar-refractivity contribution in [2.75, 3.05) is 12.3 Å². The van der Waals surface area contributed by atoms with E-state index >= 15 is 0 Å². The second kappa shape index (κ2) is 4.45. The molecule has 2 unspecified atom stereocenters. The average molecular weight is 226 g/mol. The van der Waals surface area contributed by atoms with E-state index in [0.29, 0.717) is 11.2 Å². The molecule has 0 saturated carbocycles. The van der Waals surface area contributed by atoms with Crippen LogP contribution in [0, 0.1) is 5.92 Å². The fourth-order valence-electron chi connectivity index (χ4n) is 2.15. The molecule has 0 radical (unpaired) electrons. The highest BCUT2D eigenvalue weighted by Gasteiger charge is 2.25. The summed E-state index contributed by atoms with van der Waals surface area (Å²) in [7, 11) is 0. The molecule has 2 rings (SSSR count). The topological polar surface area (TPSA) is 55.0 Å². The van der Waals surface area contributed by atoms with Crippen LogP contribution in [0.25, 0.3) is 0 Å². The summed E-state index contributed by atoms with van der Waals surface area (Å²) in [5, 5.41) is 9.52. The summed E-state index contributed by atoms with van der Waals surface area (Å²) in [6, 6.07) is 0.642. The van der Waals surface area contributed by atoms with Crippen LogP contribution in [0.5, 0.6) is 0 Å². The van der Waals surface area contributed by atoms with Crippen LogP contribution in [-0.4, -0.2) is 27.7 Å². The molecule has 1 aliphatic heterocycles. The van der Waals surface area contributed by atoms with Gasteiger partial charge in [0.05, 0.1) is 6.54 Å². The lowest BCUT2D eigenvalue weighted by atomic mass is 9.92. The monoisotopic (exact) mass is 226 g/mol. The molecule has 2 N–H and O–H groups in total. The van der Waals surface area contributed by atoms with Crippen molar-refractivity contribution >= 4 is 16.5 Å². The molecule has 2 atom stereocenters. The predicted molar refractivity (Wildman–Crippen MR) is 62.6 cm³/mol. The molecule has 5 heteroatoms. The molecule has 1 aromatic heterocycles. The molecule has 0 aliphatic carbocycles. The summed E-state index contributed by atoms with van der Waals surface area (Å²) in [6.07, 6.45) is 2.63. The summed E-state index contributed by atoms with van der Waals surface area (Å²) in [6.45, 7) is 6.70. The van der Waals surface area contributed by atoms with Gasteiger partial charge in [0.15, 0.2) is 0 Å². The van der Waals surface area contributed by atoms with Crippen LogP contribution in [0.2, 0.25) is 0 Å². The maximum Gasteiger partial charge on any atom is 0.203 e. The summed E-state index contributed by atoms with van der Waals surface area (Å²) >= 11 is 1.50. The number of nitrogens with two attached hydrogens (primary N) is 1. The summed E-state index contributed by atoms with van der Waals surface area (Å²) in [5.74, 6) is 0.781. The van der Waals surface area contributed by atoms with E-state index in [1.807, 2.05) is 0 Å². The number of likely N-dealkylation sites (tertiary alicyclic amines) is 1. The highest BCUT2D eigenvalue weighted by molar-refractivity contribution is 7.15. The first-order valence-electron chi connectivity index (χ1n) is 5.48. The van der Waals surface area contributed by atoms with Crippen molar-refractivity contribution < 1.29 is 0 Å². The third kappa shape index (κ3) is 2.46. The van der Waals surface area contributed by atoms with Crippen LogP contribution < -0.4 is 5.73 Å². The second-order valence-corrected chi connectivity index (χ2v) is 5.46. The Hall–Kier alpha value is -0.680. The van der Waals surface area contributed by atoms with Crippen LogP contribution in [-0.2, 0) is 6.54 Å². The molecule has 2 heterocycles. The number of nitrogen functional groups attached to an aromatic ring is 1. The minimum atomic E-state index is 0.572. The van der Waals surface area contributed by atoms with Gasteiger partial charge in [-0.2, -0.15) is 0 Å². The number of piperidine rings is 1. The average Bonchev–Trinajstić information content (AvgIpc) is 2.59. The molecule has 0 bridgehead atoms. The Morgan fingerprint density at radius 3 is 2.93 bits per heavy atom. The van der Waals surface area contributed by atoms with Gasteiger partial charge >= 0.3 is 0 Å². The number of hydrogen-bond donors (Lipinski definition) is 1. The molecule has 1 aliphatic rings. The third-order valence-electron chi connectivity index (χ3n) is 3.33. The van der Waals surface area contributed by atoms with Crippen molar-refractivity contribution in [2.24, 2.45) is 5.92 Å². The fraction of sp³-hybridized carbons (Fsp3) is 0.800. The van der Waals surface area contributed by atoms with Crippen molar-refractivity contribution in [3.05, 3.63) is 5.01 Å². The quantitative estimate of drug-likeness (QED) is 0.834. The van der Waals surface area contributed by atoms with Crippen LogP contribution in [0.1, 0.15) is 31.7 Å². The Morgan fingerprint density at radius 2 is 2.27 bits per heavy atom. The van der Waals surface area contributed by atoms with Crippen LogP contribution in [0.4, 0.5) is 5.13 Å². The Balaban J connectivity index is 1.99. The van der Waals surface area contributed by atoms with E-state index in [1.54, 1.807) is 0 Å². The Labute approximate surface area is 94.5 Å². The van der Waals surface area contributed by atoms with Gasteiger partial charge in [0.25, 0.3) is 0 Å². The van der Waals surface area contributed by atoms with E-state index in [0.717, 1.165) is 17.5 Å². The normalized spacial score (nSPS) is 28.1. The van der Waals surface area contributed by atoms with Crippen molar-refractivity contribution in [1.29, 1.82) is 0 Å². The van der Waals surface area contributed by atoms with Crippen molar-refractivity contribution in [2.45, 2.75) is 39.3 Å². The molecular weight excluding hydrogens is 208 g/mol. The first-order chi connectivity index (χ1) is 7.16. The van der Waals surface area contributed by atoms with Crippen molar-refractivity contribution in [3.8, 4) is 0 Å². The lowest BCUT2D eigenvalue weighted by Crippen LogP contribution is -2.41. The Kier molecular flexibility index (Phi) is 3.21. The zero-order valence-corrected chi connectivity index (χ0v) is 10.1. The first kappa shape index (κ1) is 10.8. The van der Waals surface area contributed by atoms with Gasteiger partial charge in [-0.15, -0.1) is 10.2 Å². The second-order valence-electron chi connectivity index (χ2n) is 4.36. The molecule has 15 heavy (non-hydrogen) atoms. The van der Waals surface area contributed by atoms with Gasteiger partial charge in [-0.25, -0.2) is 0 Å². The van der Waals surface area contributed by atoms with Crippen LogP contribution >= 0.6 is 11.3 Å². The van der Waals surface area contributed by atoms with Gasteiger partial charge in [-0.1, -0.05) is 18.3 Å². The smallest absolute Gasteiger partial charge is 0.203 e. The van der Waals surface area contributed by atoms with E-state index in [-0.39, 0.29) is 0 Å². The molecule has 84 valence electrons. The first-order valence-corrected chi connectivity index (χ1v) is 6.30. The highest BCUT2D eigenvalue weighted by Crippen LogP contribution is 2.25. The molecule has 1 aromatic rings. The third-order valence-corrected chi connectivity index (χ3v) is 4.06. The largest absolute Gasteiger partial charge is 0.374 e. The zero-order valence-electron chi connectivity index (χ0n) is 9.31. The minimum Gasteiger partial charge on any atom is -0.374 e. The predicted octanol–water partition coefficient (Wildman–Crippen LogP) is 1.74. The summed E-state index contributed by atoms with van der Waals surface area (Å²) in [5.41, 5.74) is 5.57. The number of nitrogens with zero attached hydrogens (tertiary/aromatic N) is 3. The molecule has 0 amide bonds. The molecular formula is C10H18N4S. The van der Waals surface area contributed by atoms with Gasteiger partial charge in [0.2, 0.25) is 5.13 Å².